The highest BCUT2D eigenvalue weighted by molar-refractivity contribution is 6.32. The first kappa shape index (κ1) is 20.7. The molecule has 0 unspecified atom stereocenters. The minimum absolute atomic E-state index is 0.245. The number of fused-ring (bicyclic) bond motifs is 1. The van der Waals surface area contributed by atoms with E-state index in [2.05, 4.69) is 17.1 Å². The maximum absolute atomic E-state index is 10.8. The molecule has 0 bridgehead atoms. The highest BCUT2D eigenvalue weighted by Gasteiger charge is 2.18. The van der Waals surface area contributed by atoms with Crippen LogP contribution in [0.25, 0.3) is 22.2 Å². The van der Waals surface area contributed by atoms with E-state index in [1.807, 2.05) is 36.4 Å². The molecule has 8 heteroatoms. The van der Waals surface area contributed by atoms with Crippen LogP contribution in [0.5, 0.6) is 17.4 Å². The number of aromatic nitrogens is 2. The zero-order valence-corrected chi connectivity index (χ0v) is 17.4. The molecule has 7 nitrogen and oxygen atoms in total. The number of carbonyl (C=O) groups is 1. The second-order valence-electron chi connectivity index (χ2n) is 6.80. The van der Waals surface area contributed by atoms with E-state index in [-0.39, 0.29) is 10.8 Å². The summed E-state index contributed by atoms with van der Waals surface area (Å²) in [5.41, 5.74) is 2.66. The number of aliphatic carboxylic acids is 1. The van der Waals surface area contributed by atoms with Crippen LogP contribution in [0.15, 0.2) is 59.1 Å². The lowest BCUT2D eigenvalue weighted by molar-refractivity contribution is -0.139. The summed E-state index contributed by atoms with van der Waals surface area (Å²) >= 11 is 6.19. The number of benzene rings is 2. The zero-order valence-electron chi connectivity index (χ0n) is 16.7. The van der Waals surface area contributed by atoms with Gasteiger partial charge in [0.15, 0.2) is 12.2 Å². The van der Waals surface area contributed by atoms with Crippen molar-refractivity contribution in [1.29, 1.82) is 0 Å². The van der Waals surface area contributed by atoms with E-state index < -0.39 is 12.6 Å². The number of carboxylic acid groups (broad SMARTS) is 1. The van der Waals surface area contributed by atoms with Gasteiger partial charge in [0, 0.05) is 17.7 Å². The number of pyridine rings is 1. The summed E-state index contributed by atoms with van der Waals surface area (Å²) in [5, 5.41) is 14.0. The number of hydrogen-bond acceptors (Lipinski definition) is 6. The molecule has 0 atom stereocenters. The third-order valence-corrected chi connectivity index (χ3v) is 4.83. The number of halogens is 1. The molecule has 2 heterocycles. The van der Waals surface area contributed by atoms with Gasteiger partial charge in [0.1, 0.15) is 17.2 Å². The number of ether oxygens (including phenoxy) is 2. The summed E-state index contributed by atoms with van der Waals surface area (Å²) in [6.07, 6.45) is 1.59. The van der Waals surface area contributed by atoms with Gasteiger partial charge in [-0.25, -0.2) is 9.78 Å². The van der Waals surface area contributed by atoms with Crippen LogP contribution in [0.4, 0.5) is 0 Å². The molecule has 0 saturated heterocycles. The van der Waals surface area contributed by atoms with Gasteiger partial charge in [-0.15, -0.1) is 0 Å². The third kappa shape index (κ3) is 4.62. The highest BCUT2D eigenvalue weighted by Crippen LogP contribution is 2.37. The van der Waals surface area contributed by atoms with Crippen molar-refractivity contribution in [3.8, 4) is 28.6 Å². The minimum Gasteiger partial charge on any atom is -0.480 e. The van der Waals surface area contributed by atoms with Crippen LogP contribution in [-0.2, 0) is 11.2 Å². The lowest BCUT2D eigenvalue weighted by Crippen LogP contribution is -2.09. The van der Waals surface area contributed by atoms with Gasteiger partial charge in [-0.3, -0.25) is 0 Å². The molecule has 0 aliphatic carbocycles. The van der Waals surface area contributed by atoms with Crippen molar-refractivity contribution in [1.82, 2.24) is 10.1 Å². The van der Waals surface area contributed by atoms with Crippen LogP contribution in [0, 0.1) is 0 Å². The van der Waals surface area contributed by atoms with Crippen molar-refractivity contribution in [2.45, 2.75) is 19.8 Å². The molecule has 0 fully saturated rings. The summed E-state index contributed by atoms with van der Waals surface area (Å²) in [5.74, 6) is 0.340. The van der Waals surface area contributed by atoms with Gasteiger partial charge in [0.05, 0.1) is 16.1 Å². The Bertz CT molecular complexity index is 1220. The first-order valence-electron chi connectivity index (χ1n) is 9.72. The number of aryl methyl sites for hydroxylation is 1. The van der Waals surface area contributed by atoms with Crippen molar-refractivity contribution in [3.63, 3.8) is 0 Å². The highest BCUT2D eigenvalue weighted by atomic mass is 35.5. The Morgan fingerprint density at radius 3 is 2.71 bits per heavy atom. The summed E-state index contributed by atoms with van der Waals surface area (Å²) in [4.78, 5) is 15.5. The number of para-hydroxylation sites is 1. The van der Waals surface area contributed by atoms with E-state index >= 15 is 0 Å². The van der Waals surface area contributed by atoms with Crippen molar-refractivity contribution in [2.75, 3.05) is 6.61 Å². The molecule has 0 aliphatic heterocycles. The second kappa shape index (κ2) is 9.06. The molecule has 0 spiro atoms. The lowest BCUT2D eigenvalue weighted by atomic mass is 10.0. The normalized spacial score (nSPS) is 10.9. The van der Waals surface area contributed by atoms with E-state index in [1.165, 1.54) is 0 Å². The summed E-state index contributed by atoms with van der Waals surface area (Å²) in [6, 6.07) is 16.3. The topological polar surface area (TPSA) is 94.7 Å². The van der Waals surface area contributed by atoms with E-state index in [1.54, 1.807) is 18.2 Å². The molecule has 2 aromatic heterocycles. The summed E-state index contributed by atoms with van der Waals surface area (Å²) in [6.45, 7) is 1.56. The van der Waals surface area contributed by atoms with Crippen LogP contribution in [-0.4, -0.2) is 27.8 Å². The van der Waals surface area contributed by atoms with Crippen molar-refractivity contribution in [3.05, 3.63) is 65.3 Å². The monoisotopic (exact) mass is 438 g/mol. The van der Waals surface area contributed by atoms with Gasteiger partial charge in [0.25, 0.3) is 0 Å². The third-order valence-electron chi connectivity index (χ3n) is 4.53. The smallest absolute Gasteiger partial charge is 0.341 e. The molecule has 0 amide bonds. The van der Waals surface area contributed by atoms with E-state index in [9.17, 15) is 4.79 Å². The standard InChI is InChI=1S/C23H19ClN2O5/c1-2-6-18-15(9-10-21(25-18)30-14-7-4-3-5-8-14)23-16-11-20(29-13-22(27)28)17(24)12-19(16)31-26-23/h3-5,7-12H,2,6,13H2,1H3,(H,27,28). The molecule has 31 heavy (non-hydrogen) atoms. The fraction of sp³-hybridized carbons (Fsp3) is 0.174. The van der Waals surface area contributed by atoms with Gasteiger partial charge in [-0.2, -0.15) is 0 Å². The quantitative estimate of drug-likeness (QED) is 0.374. The summed E-state index contributed by atoms with van der Waals surface area (Å²) in [7, 11) is 0. The van der Waals surface area contributed by atoms with Gasteiger partial charge < -0.3 is 19.1 Å². The number of carboxylic acids is 1. The van der Waals surface area contributed by atoms with E-state index in [0.717, 1.165) is 17.7 Å². The van der Waals surface area contributed by atoms with Gasteiger partial charge in [-0.1, -0.05) is 48.3 Å². The Morgan fingerprint density at radius 1 is 1.16 bits per heavy atom. The van der Waals surface area contributed by atoms with Crippen molar-refractivity contribution < 1.29 is 23.9 Å². The molecule has 4 rings (SSSR count). The molecule has 0 aliphatic rings. The Labute approximate surface area is 183 Å². The predicted molar refractivity (Wildman–Crippen MR) is 116 cm³/mol. The average Bonchev–Trinajstić information content (AvgIpc) is 3.15. The maximum atomic E-state index is 10.8. The molecular formula is C23H19ClN2O5. The number of rotatable bonds is 8. The zero-order chi connectivity index (χ0) is 21.8. The number of hydrogen-bond donors (Lipinski definition) is 1. The lowest BCUT2D eigenvalue weighted by Gasteiger charge is -2.10. The second-order valence-corrected chi connectivity index (χ2v) is 7.21. The fourth-order valence-corrected chi connectivity index (χ4v) is 3.38. The van der Waals surface area contributed by atoms with Crippen LogP contribution in [0.1, 0.15) is 19.0 Å². The van der Waals surface area contributed by atoms with Crippen molar-refractivity contribution in [2.24, 2.45) is 0 Å². The molecule has 1 N–H and O–H groups in total. The molecule has 0 saturated carbocycles. The first-order valence-corrected chi connectivity index (χ1v) is 10.1. The number of nitrogens with zero attached hydrogens (tertiary/aromatic N) is 2. The fourth-order valence-electron chi connectivity index (χ4n) is 3.17. The molecule has 158 valence electrons. The molecule has 0 radical (unpaired) electrons. The Morgan fingerprint density at radius 2 is 1.97 bits per heavy atom. The minimum atomic E-state index is -1.09. The molecule has 2 aromatic carbocycles. The van der Waals surface area contributed by atoms with Gasteiger partial charge in [0.2, 0.25) is 5.88 Å². The van der Waals surface area contributed by atoms with Crippen molar-refractivity contribution >= 4 is 28.5 Å². The van der Waals surface area contributed by atoms with Gasteiger partial charge in [-0.05, 0) is 30.7 Å². The largest absolute Gasteiger partial charge is 0.480 e. The van der Waals surface area contributed by atoms with Gasteiger partial charge >= 0.3 is 5.97 Å². The van der Waals surface area contributed by atoms with E-state index in [0.29, 0.717) is 34.7 Å². The van der Waals surface area contributed by atoms with Crippen LogP contribution in [0.3, 0.4) is 0 Å². The predicted octanol–water partition coefficient (Wildman–Crippen LogP) is 5.75. The maximum Gasteiger partial charge on any atom is 0.341 e. The van der Waals surface area contributed by atoms with Crippen LogP contribution >= 0.6 is 11.6 Å². The molecule has 4 aromatic rings. The van der Waals surface area contributed by atoms with Crippen LogP contribution < -0.4 is 9.47 Å². The SMILES string of the molecule is CCCc1nc(Oc2ccccc2)ccc1-c1noc2cc(Cl)c(OCC(=O)O)cc12. The molecular weight excluding hydrogens is 420 g/mol. The Balaban J connectivity index is 1.73. The van der Waals surface area contributed by atoms with E-state index in [4.69, 9.17) is 30.7 Å². The first-order chi connectivity index (χ1) is 15.0. The average molecular weight is 439 g/mol. The Kier molecular flexibility index (Phi) is 6.04. The summed E-state index contributed by atoms with van der Waals surface area (Å²) < 4.78 is 16.6. The Hall–Kier alpha value is -3.58. The van der Waals surface area contributed by atoms with Crippen LogP contribution in [0.2, 0.25) is 5.02 Å².